The van der Waals surface area contributed by atoms with Crippen LogP contribution in [0.3, 0.4) is 0 Å². The van der Waals surface area contributed by atoms with Gasteiger partial charge in [-0.3, -0.25) is 0 Å². The molecule has 11 heavy (non-hydrogen) atoms. The molecule has 0 atom stereocenters. The minimum Gasteiger partial charge on any atom is -0.0987 e. The number of rotatable bonds is 3. The number of halogens is 1. The van der Waals surface area contributed by atoms with E-state index in [0.29, 0.717) is 5.03 Å². The first-order valence-corrected chi connectivity index (χ1v) is 4.27. The molecule has 0 aliphatic heterocycles. The SMILES string of the molecule is C=C/C(Cl)=C(\C=C)CC.CC. The smallest absolute Gasteiger partial charge is 0.0431 e. The lowest BCUT2D eigenvalue weighted by Crippen LogP contribution is -1.75. The maximum Gasteiger partial charge on any atom is 0.0431 e. The van der Waals surface area contributed by atoms with E-state index in [1.807, 2.05) is 20.8 Å². The molecule has 0 spiro atoms. The third-order valence-corrected chi connectivity index (χ3v) is 1.51. The van der Waals surface area contributed by atoms with Crippen LogP contribution in [0.4, 0.5) is 0 Å². The maximum atomic E-state index is 5.72. The molecule has 0 aliphatic rings. The zero-order valence-corrected chi connectivity index (χ0v) is 8.41. The molecule has 0 aromatic heterocycles. The fourth-order valence-corrected chi connectivity index (χ4v) is 0.753. The highest BCUT2D eigenvalue weighted by Gasteiger charge is 1.91. The second-order valence-corrected chi connectivity index (χ2v) is 2.04. The second kappa shape index (κ2) is 9.51. The Kier molecular flexibility index (Phi) is 11.3. The molecular formula is C10H17Cl. The Hall–Kier alpha value is -0.490. The Labute approximate surface area is 75.3 Å². The van der Waals surface area contributed by atoms with Crippen molar-refractivity contribution in [2.45, 2.75) is 27.2 Å². The molecule has 0 rings (SSSR count). The van der Waals surface area contributed by atoms with Crippen molar-refractivity contribution in [2.75, 3.05) is 0 Å². The Bertz CT molecular complexity index is 143. The minimum atomic E-state index is 0.701. The van der Waals surface area contributed by atoms with Gasteiger partial charge in [0, 0.05) is 5.03 Å². The van der Waals surface area contributed by atoms with Crippen molar-refractivity contribution in [1.82, 2.24) is 0 Å². The highest BCUT2D eigenvalue weighted by molar-refractivity contribution is 6.31. The lowest BCUT2D eigenvalue weighted by Gasteiger charge is -1.95. The molecule has 0 amide bonds. The van der Waals surface area contributed by atoms with Gasteiger partial charge in [0.1, 0.15) is 0 Å². The molecular weight excluding hydrogens is 156 g/mol. The van der Waals surface area contributed by atoms with Gasteiger partial charge in [0.15, 0.2) is 0 Å². The Morgan fingerprint density at radius 3 is 1.82 bits per heavy atom. The van der Waals surface area contributed by atoms with Crippen molar-refractivity contribution in [3.05, 3.63) is 35.9 Å². The molecule has 0 saturated carbocycles. The van der Waals surface area contributed by atoms with Crippen LogP contribution in [0.1, 0.15) is 27.2 Å². The Morgan fingerprint density at radius 2 is 1.73 bits per heavy atom. The van der Waals surface area contributed by atoms with Gasteiger partial charge in [-0.05, 0) is 12.0 Å². The van der Waals surface area contributed by atoms with Gasteiger partial charge in [-0.2, -0.15) is 0 Å². The summed E-state index contributed by atoms with van der Waals surface area (Å²) in [6, 6.07) is 0. The Balaban J connectivity index is 0. The summed E-state index contributed by atoms with van der Waals surface area (Å²) in [6.07, 6.45) is 4.29. The molecule has 0 heterocycles. The fourth-order valence-electron chi connectivity index (χ4n) is 0.542. The van der Waals surface area contributed by atoms with Gasteiger partial charge in [-0.15, -0.1) is 0 Å². The monoisotopic (exact) mass is 172 g/mol. The van der Waals surface area contributed by atoms with Crippen LogP contribution >= 0.6 is 11.6 Å². The summed E-state index contributed by atoms with van der Waals surface area (Å²) < 4.78 is 0. The van der Waals surface area contributed by atoms with Crippen LogP contribution in [0, 0.1) is 0 Å². The number of hydrogen-bond donors (Lipinski definition) is 0. The van der Waals surface area contributed by atoms with E-state index in [9.17, 15) is 0 Å². The van der Waals surface area contributed by atoms with E-state index >= 15 is 0 Å². The summed E-state index contributed by atoms with van der Waals surface area (Å²) in [5, 5.41) is 0.701. The van der Waals surface area contributed by atoms with E-state index in [1.54, 1.807) is 12.2 Å². The van der Waals surface area contributed by atoms with Crippen molar-refractivity contribution in [1.29, 1.82) is 0 Å². The number of hydrogen-bond acceptors (Lipinski definition) is 0. The second-order valence-electron chi connectivity index (χ2n) is 1.63. The summed E-state index contributed by atoms with van der Waals surface area (Å²) in [4.78, 5) is 0. The van der Waals surface area contributed by atoms with E-state index in [-0.39, 0.29) is 0 Å². The predicted molar refractivity (Wildman–Crippen MR) is 54.9 cm³/mol. The molecule has 64 valence electrons. The maximum absolute atomic E-state index is 5.72. The average Bonchev–Trinajstić information content (AvgIpc) is 2.10. The quantitative estimate of drug-likeness (QED) is 0.558. The first kappa shape index (κ1) is 13.1. The molecule has 1 heteroatoms. The predicted octanol–water partition coefficient (Wildman–Crippen LogP) is 4.29. The van der Waals surface area contributed by atoms with Crippen LogP contribution in [-0.2, 0) is 0 Å². The Morgan fingerprint density at radius 1 is 1.27 bits per heavy atom. The molecule has 0 fully saturated rings. The summed E-state index contributed by atoms with van der Waals surface area (Å²) in [7, 11) is 0. The topological polar surface area (TPSA) is 0 Å². The molecule has 0 bridgehead atoms. The molecule has 0 aliphatic carbocycles. The first-order valence-electron chi connectivity index (χ1n) is 3.89. The van der Waals surface area contributed by atoms with Gasteiger partial charge in [0.05, 0.1) is 0 Å². The summed E-state index contributed by atoms with van der Waals surface area (Å²) in [6.45, 7) is 13.2. The molecule has 0 radical (unpaired) electrons. The van der Waals surface area contributed by atoms with Gasteiger partial charge >= 0.3 is 0 Å². The molecule has 0 unspecified atom stereocenters. The average molecular weight is 173 g/mol. The van der Waals surface area contributed by atoms with Crippen molar-refractivity contribution < 1.29 is 0 Å². The summed E-state index contributed by atoms with van der Waals surface area (Å²) in [5.41, 5.74) is 1.05. The summed E-state index contributed by atoms with van der Waals surface area (Å²) >= 11 is 5.72. The lowest BCUT2D eigenvalue weighted by molar-refractivity contribution is 1.15. The van der Waals surface area contributed by atoms with Crippen LogP contribution in [-0.4, -0.2) is 0 Å². The highest BCUT2D eigenvalue weighted by atomic mass is 35.5. The third-order valence-electron chi connectivity index (χ3n) is 1.11. The van der Waals surface area contributed by atoms with Crippen LogP contribution in [0.25, 0.3) is 0 Å². The highest BCUT2D eigenvalue weighted by Crippen LogP contribution is 2.13. The van der Waals surface area contributed by atoms with E-state index in [2.05, 4.69) is 13.2 Å². The third kappa shape index (κ3) is 5.93. The summed E-state index contributed by atoms with van der Waals surface area (Å²) in [5.74, 6) is 0. The molecule has 0 aromatic carbocycles. The minimum absolute atomic E-state index is 0.701. The molecule has 0 nitrogen and oxygen atoms in total. The first-order chi connectivity index (χ1) is 5.26. The van der Waals surface area contributed by atoms with Crippen LogP contribution in [0.5, 0.6) is 0 Å². The van der Waals surface area contributed by atoms with E-state index in [1.165, 1.54) is 0 Å². The lowest BCUT2D eigenvalue weighted by atomic mass is 10.2. The zero-order chi connectivity index (χ0) is 9.28. The fraction of sp³-hybridized carbons (Fsp3) is 0.400. The molecule has 0 saturated heterocycles. The van der Waals surface area contributed by atoms with E-state index < -0.39 is 0 Å². The zero-order valence-electron chi connectivity index (χ0n) is 7.65. The normalized spacial score (nSPS) is 10.5. The van der Waals surface area contributed by atoms with Crippen molar-refractivity contribution in [3.63, 3.8) is 0 Å². The van der Waals surface area contributed by atoms with E-state index in [4.69, 9.17) is 11.6 Å². The van der Waals surface area contributed by atoms with Crippen molar-refractivity contribution in [2.24, 2.45) is 0 Å². The standard InChI is InChI=1S/C8H11Cl.C2H6/c1-4-7(5-2)8(9)6-3;1-2/h4,6H,1,3,5H2,2H3;1-2H3/b8-7-;. The van der Waals surface area contributed by atoms with Crippen LogP contribution in [0.2, 0.25) is 0 Å². The number of allylic oxidation sites excluding steroid dienone is 4. The molecule has 0 N–H and O–H groups in total. The van der Waals surface area contributed by atoms with Crippen molar-refractivity contribution in [3.8, 4) is 0 Å². The largest absolute Gasteiger partial charge is 0.0987 e. The van der Waals surface area contributed by atoms with Gasteiger partial charge < -0.3 is 0 Å². The van der Waals surface area contributed by atoms with Crippen LogP contribution < -0.4 is 0 Å². The molecule has 0 aromatic rings. The van der Waals surface area contributed by atoms with Gasteiger partial charge in [-0.25, -0.2) is 0 Å². The van der Waals surface area contributed by atoms with Gasteiger partial charge in [0.2, 0.25) is 0 Å². The van der Waals surface area contributed by atoms with E-state index in [0.717, 1.165) is 12.0 Å². The van der Waals surface area contributed by atoms with Gasteiger partial charge in [0.25, 0.3) is 0 Å². The van der Waals surface area contributed by atoms with Gasteiger partial charge in [-0.1, -0.05) is 57.7 Å². The van der Waals surface area contributed by atoms with Crippen molar-refractivity contribution >= 4 is 11.6 Å². The van der Waals surface area contributed by atoms with Crippen LogP contribution in [0.15, 0.2) is 35.9 Å².